The Morgan fingerprint density at radius 2 is 1.96 bits per heavy atom. The van der Waals surface area contributed by atoms with Gasteiger partial charge in [0.05, 0.1) is 16.4 Å². The third kappa shape index (κ3) is 3.97. The Bertz CT molecular complexity index is 963. The van der Waals surface area contributed by atoms with Crippen LogP contribution < -0.4 is 0 Å². The van der Waals surface area contributed by atoms with E-state index >= 15 is 0 Å². The van der Waals surface area contributed by atoms with E-state index in [1.807, 2.05) is 31.4 Å². The molecule has 0 spiro atoms. The molecular weight excluding hydrogens is 378 g/mol. The maximum atomic E-state index is 13.3. The summed E-state index contributed by atoms with van der Waals surface area (Å²) in [6.07, 6.45) is 0.345. The lowest BCUT2D eigenvalue weighted by atomic mass is 10.1. The molecule has 0 saturated carbocycles. The lowest BCUT2D eigenvalue weighted by Crippen LogP contribution is -2.40. The van der Waals surface area contributed by atoms with Crippen LogP contribution in [0.25, 0.3) is 0 Å². The van der Waals surface area contributed by atoms with Crippen LogP contribution in [-0.4, -0.2) is 38.7 Å². The maximum Gasteiger partial charge on any atom is 0.243 e. The fraction of sp³-hybridized carbons (Fsp3) is 0.412. The molecule has 2 heterocycles. The molecule has 5 nitrogen and oxygen atoms in total. The number of sulfonamides is 1. The maximum absolute atomic E-state index is 13.3. The molecule has 0 N–H and O–H groups in total. The van der Waals surface area contributed by atoms with Gasteiger partial charge < -0.3 is 0 Å². The van der Waals surface area contributed by atoms with Gasteiger partial charge in [-0.15, -0.1) is 11.3 Å². The number of thiophene rings is 1. The van der Waals surface area contributed by atoms with Crippen LogP contribution in [0.2, 0.25) is 0 Å². The van der Waals surface area contributed by atoms with Crippen LogP contribution >= 0.6 is 11.3 Å². The number of sulfone groups is 1. The van der Waals surface area contributed by atoms with Gasteiger partial charge in [0.1, 0.15) is 0 Å². The van der Waals surface area contributed by atoms with E-state index in [0.717, 1.165) is 16.0 Å². The van der Waals surface area contributed by atoms with Crippen molar-refractivity contribution in [3.63, 3.8) is 0 Å². The van der Waals surface area contributed by atoms with Crippen molar-refractivity contribution in [2.75, 3.05) is 11.5 Å². The van der Waals surface area contributed by atoms with Gasteiger partial charge in [-0.05, 0) is 55.0 Å². The minimum absolute atomic E-state index is 0.0427. The fourth-order valence-corrected chi connectivity index (χ4v) is 7.31. The first-order chi connectivity index (χ1) is 11.7. The minimum Gasteiger partial charge on any atom is -0.229 e. The molecule has 8 heteroatoms. The number of benzene rings is 1. The van der Waals surface area contributed by atoms with Gasteiger partial charge in [0.15, 0.2) is 9.84 Å². The van der Waals surface area contributed by atoms with E-state index in [4.69, 9.17) is 0 Å². The first kappa shape index (κ1) is 18.6. The van der Waals surface area contributed by atoms with E-state index in [1.54, 1.807) is 18.2 Å². The second-order valence-electron chi connectivity index (χ2n) is 6.43. The highest BCUT2D eigenvalue weighted by molar-refractivity contribution is 7.92. The van der Waals surface area contributed by atoms with E-state index in [2.05, 4.69) is 0 Å². The normalized spacial score (nSPS) is 20.2. The Morgan fingerprint density at radius 1 is 1.20 bits per heavy atom. The molecule has 1 atom stereocenters. The summed E-state index contributed by atoms with van der Waals surface area (Å²) in [4.78, 5) is 1.12. The van der Waals surface area contributed by atoms with E-state index in [-0.39, 0.29) is 22.9 Å². The zero-order chi connectivity index (χ0) is 18.2. The van der Waals surface area contributed by atoms with Crippen LogP contribution in [0.1, 0.15) is 22.4 Å². The Hall–Kier alpha value is -1.22. The van der Waals surface area contributed by atoms with Gasteiger partial charge in [0.25, 0.3) is 0 Å². The molecule has 0 amide bonds. The third-order valence-electron chi connectivity index (χ3n) is 4.59. The molecular formula is C17H21NO4S3. The summed E-state index contributed by atoms with van der Waals surface area (Å²) in [5.74, 6) is -0.0660. The number of rotatable bonds is 5. The van der Waals surface area contributed by atoms with E-state index in [1.165, 1.54) is 15.6 Å². The monoisotopic (exact) mass is 399 g/mol. The number of aryl methyl sites for hydroxylation is 2. The molecule has 1 aliphatic rings. The summed E-state index contributed by atoms with van der Waals surface area (Å²) in [5, 5.41) is 1.89. The predicted octanol–water partition coefficient (Wildman–Crippen LogP) is 2.74. The minimum atomic E-state index is -3.77. The molecule has 2 aromatic rings. The standard InChI is InChI=1S/C17H21NO4S3/c1-13-5-6-17(10-14(13)2)25(21,22)18(11-16-4-3-8-23-16)15-7-9-24(19,20)12-15/h3-6,8,10,15H,7,9,11-12H2,1-2H3/t15-/m0/s1. The van der Waals surface area contributed by atoms with Crippen molar-refractivity contribution in [1.82, 2.24) is 4.31 Å². The van der Waals surface area contributed by atoms with Gasteiger partial charge in [-0.25, -0.2) is 16.8 Å². The molecule has 3 rings (SSSR count). The summed E-state index contributed by atoms with van der Waals surface area (Å²) < 4.78 is 51.7. The molecule has 1 aromatic carbocycles. The van der Waals surface area contributed by atoms with Gasteiger partial charge in [-0.2, -0.15) is 4.31 Å². The predicted molar refractivity (Wildman–Crippen MR) is 100 cm³/mol. The molecule has 136 valence electrons. The molecule has 1 aromatic heterocycles. The Labute approximate surface area is 153 Å². The van der Waals surface area contributed by atoms with E-state index in [0.29, 0.717) is 6.42 Å². The van der Waals surface area contributed by atoms with Crippen molar-refractivity contribution in [3.05, 3.63) is 51.7 Å². The van der Waals surface area contributed by atoms with Gasteiger partial charge >= 0.3 is 0 Å². The van der Waals surface area contributed by atoms with Crippen molar-refractivity contribution in [2.45, 2.75) is 37.8 Å². The van der Waals surface area contributed by atoms with Gasteiger partial charge in [0.2, 0.25) is 10.0 Å². The highest BCUT2D eigenvalue weighted by atomic mass is 32.2. The Balaban J connectivity index is 2.01. The van der Waals surface area contributed by atoms with Crippen LogP contribution in [0.4, 0.5) is 0 Å². The van der Waals surface area contributed by atoms with Gasteiger partial charge in [0, 0.05) is 17.5 Å². The second kappa shape index (κ2) is 6.83. The summed E-state index contributed by atoms with van der Waals surface area (Å²) in [6, 6.07) is 8.27. The quantitative estimate of drug-likeness (QED) is 0.775. The zero-order valence-corrected chi connectivity index (χ0v) is 16.6. The number of hydrogen-bond acceptors (Lipinski definition) is 5. The lowest BCUT2D eigenvalue weighted by molar-refractivity contribution is 0.336. The van der Waals surface area contributed by atoms with Crippen molar-refractivity contribution in [2.24, 2.45) is 0 Å². The molecule has 0 aliphatic carbocycles. The molecule has 1 aliphatic heterocycles. The van der Waals surface area contributed by atoms with Gasteiger partial charge in [-0.1, -0.05) is 12.1 Å². The zero-order valence-electron chi connectivity index (χ0n) is 14.2. The SMILES string of the molecule is Cc1ccc(S(=O)(=O)N(Cc2cccs2)[C@H]2CCS(=O)(=O)C2)cc1C. The van der Waals surface area contributed by atoms with Crippen molar-refractivity contribution < 1.29 is 16.8 Å². The summed E-state index contributed by atoms with van der Waals surface area (Å²) in [5.41, 5.74) is 1.92. The highest BCUT2D eigenvalue weighted by Crippen LogP contribution is 2.29. The topological polar surface area (TPSA) is 71.5 Å². The van der Waals surface area contributed by atoms with E-state index in [9.17, 15) is 16.8 Å². The van der Waals surface area contributed by atoms with Crippen molar-refractivity contribution in [3.8, 4) is 0 Å². The average Bonchev–Trinajstić information content (AvgIpc) is 3.16. The summed E-state index contributed by atoms with van der Waals surface area (Å²) >= 11 is 1.47. The largest absolute Gasteiger partial charge is 0.243 e. The number of hydrogen-bond donors (Lipinski definition) is 0. The fourth-order valence-electron chi connectivity index (χ4n) is 2.98. The second-order valence-corrected chi connectivity index (χ2v) is 11.6. The van der Waals surface area contributed by atoms with Crippen LogP contribution in [0.5, 0.6) is 0 Å². The molecule has 0 unspecified atom stereocenters. The molecule has 25 heavy (non-hydrogen) atoms. The lowest BCUT2D eigenvalue weighted by Gasteiger charge is -2.27. The van der Waals surface area contributed by atoms with E-state index < -0.39 is 25.9 Å². The van der Waals surface area contributed by atoms with Crippen LogP contribution in [0.3, 0.4) is 0 Å². The van der Waals surface area contributed by atoms with Crippen LogP contribution in [0, 0.1) is 13.8 Å². The van der Waals surface area contributed by atoms with Crippen LogP contribution in [-0.2, 0) is 26.4 Å². The van der Waals surface area contributed by atoms with Crippen LogP contribution in [0.15, 0.2) is 40.6 Å². The third-order valence-corrected chi connectivity index (χ3v) is 9.10. The highest BCUT2D eigenvalue weighted by Gasteiger charge is 2.39. The first-order valence-corrected chi connectivity index (χ1v) is 12.1. The van der Waals surface area contributed by atoms with Crippen molar-refractivity contribution in [1.29, 1.82) is 0 Å². The molecule has 1 fully saturated rings. The first-order valence-electron chi connectivity index (χ1n) is 8.01. The molecule has 0 bridgehead atoms. The number of nitrogens with zero attached hydrogens (tertiary/aromatic N) is 1. The molecule has 1 saturated heterocycles. The van der Waals surface area contributed by atoms with Gasteiger partial charge in [-0.3, -0.25) is 0 Å². The average molecular weight is 400 g/mol. The van der Waals surface area contributed by atoms with Crippen molar-refractivity contribution >= 4 is 31.2 Å². The summed E-state index contributed by atoms with van der Waals surface area (Å²) in [7, 11) is -6.95. The summed E-state index contributed by atoms with van der Waals surface area (Å²) in [6.45, 7) is 4.00. The molecule has 0 radical (unpaired) electrons. The Morgan fingerprint density at radius 3 is 2.52 bits per heavy atom. The Kier molecular flexibility index (Phi) is 5.07. The smallest absolute Gasteiger partial charge is 0.229 e.